The molecule has 0 saturated heterocycles. The van der Waals surface area contributed by atoms with Gasteiger partial charge in [-0.15, -0.1) is 0 Å². The second kappa shape index (κ2) is 15.7. The number of aryl methyl sites for hydroxylation is 3. The number of fused-ring (bicyclic) bond motifs is 3. The first-order valence-electron chi connectivity index (χ1n) is 20.7. The van der Waals surface area contributed by atoms with Crippen LogP contribution in [0.1, 0.15) is 61.8 Å². The molecule has 1 atom stereocenters. The van der Waals surface area contributed by atoms with Crippen molar-refractivity contribution in [3.63, 3.8) is 0 Å². The van der Waals surface area contributed by atoms with E-state index in [0.717, 1.165) is 41.6 Å². The largest absolute Gasteiger partial charge is 0.309 e. The highest BCUT2D eigenvalue weighted by Crippen LogP contribution is 2.41. The number of benzene rings is 7. The van der Waals surface area contributed by atoms with Gasteiger partial charge in [0.25, 0.3) is 0 Å². The van der Waals surface area contributed by atoms with Crippen LogP contribution in [0.2, 0.25) is 0 Å². The highest BCUT2D eigenvalue weighted by atomic mass is 15.0. The van der Waals surface area contributed by atoms with Crippen molar-refractivity contribution in [1.29, 1.82) is 0 Å². The summed E-state index contributed by atoms with van der Waals surface area (Å²) in [5, 5.41) is 2.50. The summed E-state index contributed by atoms with van der Waals surface area (Å²) in [6.07, 6.45) is 3.24. The molecule has 0 amide bonds. The molecule has 0 aliphatic heterocycles. The number of hydrogen-bond acceptors (Lipinski definition) is 3. The molecule has 284 valence electrons. The first kappa shape index (κ1) is 37.0. The zero-order chi connectivity index (χ0) is 39.8. The summed E-state index contributed by atoms with van der Waals surface area (Å²) in [5.74, 6) is 2.38. The van der Waals surface area contributed by atoms with Crippen LogP contribution in [0, 0.1) is 13.8 Å². The van der Waals surface area contributed by atoms with E-state index in [2.05, 4.69) is 179 Å². The fourth-order valence-corrected chi connectivity index (χ4v) is 8.65. The number of rotatable bonds is 10. The third-order valence-electron chi connectivity index (χ3n) is 11.8. The van der Waals surface area contributed by atoms with Crippen LogP contribution in [0.4, 0.5) is 0 Å². The highest BCUT2D eigenvalue weighted by Gasteiger charge is 2.21. The minimum atomic E-state index is 0.416. The van der Waals surface area contributed by atoms with Crippen molar-refractivity contribution in [3.8, 4) is 62.1 Å². The van der Waals surface area contributed by atoms with Crippen LogP contribution in [0.15, 0.2) is 158 Å². The molecule has 0 fully saturated rings. The van der Waals surface area contributed by atoms with Gasteiger partial charge in [0.1, 0.15) is 0 Å². The Morgan fingerprint density at radius 1 is 0.500 bits per heavy atom. The second-order valence-corrected chi connectivity index (χ2v) is 15.6. The molecular formula is C54H48N4. The fraction of sp³-hybridized carbons (Fsp3) is 0.167. The molecule has 2 heterocycles. The molecule has 2 aromatic heterocycles. The summed E-state index contributed by atoms with van der Waals surface area (Å²) in [7, 11) is 0. The van der Waals surface area contributed by atoms with Crippen molar-refractivity contribution in [2.45, 2.75) is 59.8 Å². The first-order valence-corrected chi connectivity index (χ1v) is 20.7. The minimum Gasteiger partial charge on any atom is -0.309 e. The Morgan fingerprint density at radius 3 is 1.90 bits per heavy atom. The van der Waals surface area contributed by atoms with E-state index in [-0.39, 0.29) is 0 Å². The van der Waals surface area contributed by atoms with E-state index in [9.17, 15) is 0 Å². The molecule has 4 nitrogen and oxygen atoms in total. The lowest BCUT2D eigenvalue weighted by Gasteiger charge is -2.19. The molecule has 0 aliphatic carbocycles. The summed E-state index contributed by atoms with van der Waals surface area (Å²) >= 11 is 0. The second-order valence-electron chi connectivity index (χ2n) is 15.6. The molecule has 0 aliphatic rings. The van der Waals surface area contributed by atoms with Crippen LogP contribution in [-0.4, -0.2) is 19.5 Å². The summed E-state index contributed by atoms with van der Waals surface area (Å²) in [6.45, 7) is 11.2. The third-order valence-corrected chi connectivity index (χ3v) is 11.8. The Balaban J connectivity index is 1.18. The predicted molar refractivity (Wildman–Crippen MR) is 244 cm³/mol. The van der Waals surface area contributed by atoms with Crippen LogP contribution in [0.5, 0.6) is 0 Å². The lowest BCUT2D eigenvalue weighted by atomic mass is 9.86. The molecule has 0 bridgehead atoms. The van der Waals surface area contributed by atoms with Gasteiger partial charge in [-0.3, -0.25) is 0 Å². The molecule has 9 aromatic rings. The minimum absolute atomic E-state index is 0.416. The third kappa shape index (κ3) is 6.69. The molecule has 7 aromatic carbocycles. The van der Waals surface area contributed by atoms with Gasteiger partial charge < -0.3 is 4.57 Å². The standard InChI is InChI=1S/C54H48N4/c1-6-18-38-20-11-12-24-43(38)47-34-48-44-25-15-16-28-49(44)58(50(48)33-37(47)5)41-31-29-40(30-32-41)53-55-52(39-21-9-8-10-22-39)56-54(57-53)46-27-17-19-36(4)51(46)45-26-14-13-23-42(45)35(3)7-2/h8-17,19-35H,6-7,18H2,1-5H3. The Labute approximate surface area is 341 Å². The van der Waals surface area contributed by atoms with Crippen molar-refractivity contribution < 1.29 is 0 Å². The number of aromatic nitrogens is 4. The van der Waals surface area contributed by atoms with E-state index in [1.165, 1.54) is 66.3 Å². The van der Waals surface area contributed by atoms with Gasteiger partial charge >= 0.3 is 0 Å². The smallest absolute Gasteiger partial charge is 0.164 e. The quantitative estimate of drug-likeness (QED) is 0.140. The molecule has 0 radical (unpaired) electrons. The molecule has 1 unspecified atom stereocenters. The summed E-state index contributed by atoms with van der Waals surface area (Å²) < 4.78 is 2.39. The van der Waals surface area contributed by atoms with Gasteiger partial charge in [0.15, 0.2) is 17.5 Å². The molecule has 9 rings (SSSR count). The van der Waals surface area contributed by atoms with Crippen molar-refractivity contribution >= 4 is 21.8 Å². The van der Waals surface area contributed by atoms with E-state index in [1.54, 1.807) is 0 Å². The van der Waals surface area contributed by atoms with Crippen LogP contribution in [-0.2, 0) is 6.42 Å². The Morgan fingerprint density at radius 2 is 1.14 bits per heavy atom. The van der Waals surface area contributed by atoms with Gasteiger partial charge in [-0.05, 0) is 120 Å². The normalized spacial score (nSPS) is 12.0. The van der Waals surface area contributed by atoms with Gasteiger partial charge in [0.05, 0.1) is 11.0 Å². The zero-order valence-corrected chi connectivity index (χ0v) is 34.0. The zero-order valence-electron chi connectivity index (χ0n) is 34.0. The first-order chi connectivity index (χ1) is 28.4. The Bertz CT molecular complexity index is 2920. The summed E-state index contributed by atoms with van der Waals surface area (Å²) in [4.78, 5) is 15.5. The highest BCUT2D eigenvalue weighted by molar-refractivity contribution is 6.11. The maximum Gasteiger partial charge on any atom is 0.164 e. The fourth-order valence-electron chi connectivity index (χ4n) is 8.65. The monoisotopic (exact) mass is 752 g/mol. The van der Waals surface area contributed by atoms with Crippen molar-refractivity contribution in [2.24, 2.45) is 0 Å². The lowest BCUT2D eigenvalue weighted by molar-refractivity contribution is 0.735. The van der Waals surface area contributed by atoms with Gasteiger partial charge in [-0.2, -0.15) is 0 Å². The van der Waals surface area contributed by atoms with Gasteiger partial charge in [0.2, 0.25) is 0 Å². The van der Waals surface area contributed by atoms with Gasteiger partial charge in [-0.1, -0.05) is 142 Å². The number of nitrogens with zero attached hydrogens (tertiary/aromatic N) is 4. The molecule has 58 heavy (non-hydrogen) atoms. The van der Waals surface area contributed by atoms with E-state index >= 15 is 0 Å². The average molecular weight is 753 g/mol. The van der Waals surface area contributed by atoms with Crippen LogP contribution >= 0.6 is 0 Å². The summed E-state index contributed by atoms with van der Waals surface area (Å²) in [6, 6.07) is 56.6. The molecular weight excluding hydrogens is 705 g/mol. The maximum absolute atomic E-state index is 5.25. The predicted octanol–water partition coefficient (Wildman–Crippen LogP) is 14.4. The Hall–Kier alpha value is -6.65. The molecule has 4 heteroatoms. The van der Waals surface area contributed by atoms with E-state index < -0.39 is 0 Å². The van der Waals surface area contributed by atoms with Crippen LogP contribution in [0.25, 0.3) is 83.9 Å². The average Bonchev–Trinajstić information content (AvgIpc) is 3.59. The molecule has 0 spiro atoms. The van der Waals surface area contributed by atoms with E-state index in [1.807, 2.05) is 18.2 Å². The molecule has 0 N–H and O–H groups in total. The Kier molecular flexibility index (Phi) is 10.0. The molecule has 0 saturated carbocycles. The topological polar surface area (TPSA) is 43.6 Å². The SMILES string of the molecule is CCCc1ccccc1-c1cc2c3ccccc3n(-c3ccc(-c4nc(-c5ccccc5)nc(-c5cccc(C)c5-c5ccccc5C(C)CC)n4)cc3)c2cc1C. The lowest BCUT2D eigenvalue weighted by Crippen LogP contribution is -2.03. The van der Waals surface area contributed by atoms with Gasteiger partial charge in [-0.25, -0.2) is 15.0 Å². The number of hydrogen-bond donors (Lipinski definition) is 0. The maximum atomic E-state index is 5.25. The van der Waals surface area contributed by atoms with Crippen molar-refractivity contribution in [3.05, 3.63) is 180 Å². The van der Waals surface area contributed by atoms with E-state index in [4.69, 9.17) is 15.0 Å². The van der Waals surface area contributed by atoms with Crippen LogP contribution < -0.4 is 0 Å². The number of para-hydroxylation sites is 1. The van der Waals surface area contributed by atoms with Crippen molar-refractivity contribution in [1.82, 2.24) is 19.5 Å². The van der Waals surface area contributed by atoms with Crippen LogP contribution in [0.3, 0.4) is 0 Å². The van der Waals surface area contributed by atoms with E-state index in [0.29, 0.717) is 23.4 Å². The summed E-state index contributed by atoms with van der Waals surface area (Å²) in [5.41, 5.74) is 16.6. The van der Waals surface area contributed by atoms with Crippen molar-refractivity contribution in [2.75, 3.05) is 0 Å². The van der Waals surface area contributed by atoms with Gasteiger partial charge in [0, 0.05) is 33.2 Å².